The zero-order chi connectivity index (χ0) is 22.1. The second-order valence-electron chi connectivity index (χ2n) is 6.26. The van der Waals surface area contributed by atoms with Crippen LogP contribution in [0, 0.1) is 6.92 Å². The molecular formula is C20H15Cl4N2O3S+. The van der Waals surface area contributed by atoms with Gasteiger partial charge in [-0.2, -0.15) is 12.8 Å². The number of anilines is 1. The van der Waals surface area contributed by atoms with E-state index in [1.165, 1.54) is 12.1 Å². The lowest BCUT2D eigenvalue weighted by atomic mass is 10.2. The third-order valence-corrected chi connectivity index (χ3v) is 7.17. The highest BCUT2D eigenvalue weighted by Crippen LogP contribution is 2.48. The van der Waals surface area contributed by atoms with E-state index in [0.717, 1.165) is 5.56 Å². The van der Waals surface area contributed by atoms with E-state index in [2.05, 4.69) is 9.71 Å². The monoisotopic (exact) mass is 503 g/mol. The number of phenols is 1. The fraction of sp³-hybridized carbons (Fsp3) is 0.0500. The number of sulfonamides is 1. The van der Waals surface area contributed by atoms with Crippen molar-refractivity contribution in [2.75, 3.05) is 5.32 Å². The van der Waals surface area contributed by atoms with E-state index in [4.69, 9.17) is 46.4 Å². The molecule has 156 valence electrons. The number of aromatic hydroxyl groups is 1. The molecule has 5 nitrogen and oxygen atoms in total. The Morgan fingerprint density at radius 3 is 1.93 bits per heavy atom. The van der Waals surface area contributed by atoms with Crippen LogP contribution < -0.4 is 9.71 Å². The Balaban J connectivity index is 2.17. The van der Waals surface area contributed by atoms with Crippen LogP contribution in [0.15, 0.2) is 59.5 Å². The number of hydrogen-bond donors (Lipinski definition) is 3. The number of benzene rings is 3. The van der Waals surface area contributed by atoms with Crippen molar-refractivity contribution in [3.63, 3.8) is 0 Å². The molecule has 0 aliphatic rings. The van der Waals surface area contributed by atoms with Crippen LogP contribution >= 0.6 is 46.4 Å². The molecule has 0 heterocycles. The quantitative estimate of drug-likeness (QED) is 0.209. The second kappa shape index (κ2) is 9.04. The summed E-state index contributed by atoms with van der Waals surface area (Å²) in [7, 11) is -3.95. The van der Waals surface area contributed by atoms with E-state index >= 15 is 0 Å². The molecule has 0 saturated carbocycles. The highest BCUT2D eigenvalue weighted by atomic mass is 35.5. The molecule has 0 radical (unpaired) electrons. The van der Waals surface area contributed by atoms with Gasteiger partial charge in [-0.15, -0.1) is 0 Å². The summed E-state index contributed by atoms with van der Waals surface area (Å²) in [6, 6.07) is 15.0. The van der Waals surface area contributed by atoms with E-state index in [1.807, 2.05) is 6.92 Å². The molecule has 0 aliphatic heterocycles. The second-order valence-corrected chi connectivity index (χ2v) is 9.46. The topological polar surface area (TPSA) is 80.4 Å². The van der Waals surface area contributed by atoms with Crippen LogP contribution in [0.1, 0.15) is 11.1 Å². The Bertz CT molecular complexity index is 1200. The Morgan fingerprint density at radius 2 is 1.40 bits per heavy atom. The predicted molar refractivity (Wildman–Crippen MR) is 122 cm³/mol. The van der Waals surface area contributed by atoms with Crippen LogP contribution in [0.4, 0.5) is 5.69 Å². The molecule has 0 saturated heterocycles. The predicted octanol–water partition coefficient (Wildman–Crippen LogP) is 4.64. The first-order valence-corrected chi connectivity index (χ1v) is 11.4. The van der Waals surface area contributed by atoms with Crippen molar-refractivity contribution in [2.45, 2.75) is 11.8 Å². The van der Waals surface area contributed by atoms with Gasteiger partial charge >= 0.3 is 10.0 Å². The van der Waals surface area contributed by atoms with Gasteiger partial charge in [0, 0.05) is 0 Å². The molecule has 0 fully saturated rings. The Labute approximate surface area is 193 Å². The number of nitrogens with one attached hydrogen (secondary N) is 2. The van der Waals surface area contributed by atoms with E-state index in [1.54, 1.807) is 42.5 Å². The van der Waals surface area contributed by atoms with Gasteiger partial charge in [-0.1, -0.05) is 82.3 Å². The molecule has 3 rings (SSSR count). The summed E-state index contributed by atoms with van der Waals surface area (Å²) in [5.41, 5.74) is 1.46. The summed E-state index contributed by atoms with van der Waals surface area (Å²) in [6.45, 7) is 1.86. The minimum atomic E-state index is -3.95. The molecule has 0 bridgehead atoms. The van der Waals surface area contributed by atoms with Gasteiger partial charge in [0.15, 0.2) is 11.4 Å². The van der Waals surface area contributed by atoms with Gasteiger partial charge in [-0.05, 0) is 31.2 Å². The summed E-state index contributed by atoms with van der Waals surface area (Å²) >= 11 is 24.5. The molecule has 0 amide bonds. The van der Waals surface area contributed by atoms with Gasteiger partial charge in [0.05, 0.1) is 5.56 Å². The molecular weight excluding hydrogens is 490 g/mol. The molecule has 0 spiro atoms. The van der Waals surface area contributed by atoms with Crippen molar-refractivity contribution in [1.29, 1.82) is 0 Å². The van der Waals surface area contributed by atoms with Gasteiger partial charge in [0.2, 0.25) is 0 Å². The zero-order valence-corrected chi connectivity index (χ0v) is 19.2. The van der Waals surface area contributed by atoms with Gasteiger partial charge in [0.1, 0.15) is 25.0 Å². The van der Waals surface area contributed by atoms with E-state index < -0.39 is 15.8 Å². The van der Waals surface area contributed by atoms with Crippen LogP contribution in [0.2, 0.25) is 20.1 Å². The van der Waals surface area contributed by atoms with Crippen molar-refractivity contribution in [3.8, 4) is 5.75 Å². The summed E-state index contributed by atoms with van der Waals surface area (Å²) in [4.78, 5) is 0.0716. The van der Waals surface area contributed by atoms with Crippen LogP contribution in [0.25, 0.3) is 0 Å². The SMILES string of the molecule is Cc1ccc(S(=O)(=O)[NH+]=C(Nc2c(Cl)c(Cl)c(O)c(Cl)c2Cl)c2ccccc2)cc1. The first-order chi connectivity index (χ1) is 14.1. The summed E-state index contributed by atoms with van der Waals surface area (Å²) in [6.07, 6.45) is 0. The Kier molecular flexibility index (Phi) is 6.84. The highest BCUT2D eigenvalue weighted by Gasteiger charge is 2.27. The van der Waals surface area contributed by atoms with E-state index in [0.29, 0.717) is 5.56 Å². The lowest BCUT2D eigenvalue weighted by Gasteiger charge is -2.11. The molecule has 0 unspecified atom stereocenters. The van der Waals surface area contributed by atoms with Crippen LogP contribution in [0.5, 0.6) is 5.75 Å². The first kappa shape index (κ1) is 22.7. The smallest absolute Gasteiger partial charge is 0.328 e. The van der Waals surface area contributed by atoms with E-state index in [9.17, 15) is 13.5 Å². The molecule has 3 aromatic carbocycles. The number of halogens is 4. The molecule has 3 aromatic rings. The fourth-order valence-corrected chi connectivity index (χ4v) is 4.51. The minimum absolute atomic E-state index is 0.0385. The van der Waals surface area contributed by atoms with Crippen LogP contribution in [0.3, 0.4) is 0 Å². The normalized spacial score (nSPS) is 12.1. The van der Waals surface area contributed by atoms with E-state index in [-0.39, 0.29) is 36.5 Å². The van der Waals surface area contributed by atoms with Crippen molar-refractivity contribution in [1.82, 2.24) is 0 Å². The standard InChI is InChI=1S/C20H14Cl4N2O3S/c1-11-7-9-13(10-8-11)30(28,29)26-20(12-5-3-2-4-6-12)25-18-14(21)16(23)19(27)17(24)15(18)22/h2-10,27H,1H3,(H,25,26)/p+1. The molecule has 30 heavy (non-hydrogen) atoms. The molecule has 0 aromatic heterocycles. The van der Waals surface area contributed by atoms with Crippen LogP contribution in [-0.2, 0) is 10.0 Å². The summed E-state index contributed by atoms with van der Waals surface area (Å²) in [5, 5.41) is 12.1. The van der Waals surface area contributed by atoms with Crippen molar-refractivity contribution >= 4 is 68.0 Å². The minimum Gasteiger partial charge on any atom is -0.505 e. The number of amidine groups is 1. The summed E-state index contributed by atoms with van der Waals surface area (Å²) in [5.74, 6) is -0.404. The fourth-order valence-electron chi connectivity index (χ4n) is 2.53. The largest absolute Gasteiger partial charge is 0.505 e. The van der Waals surface area contributed by atoms with Gasteiger partial charge in [-0.25, -0.2) is 5.32 Å². The number of hydrogen-bond acceptors (Lipinski definition) is 3. The lowest BCUT2D eigenvalue weighted by Crippen LogP contribution is -2.78. The number of aryl methyl sites for hydroxylation is 1. The highest BCUT2D eigenvalue weighted by molar-refractivity contribution is 7.84. The lowest BCUT2D eigenvalue weighted by molar-refractivity contribution is -0.266. The average Bonchev–Trinajstić information content (AvgIpc) is 2.74. The molecule has 3 N–H and O–H groups in total. The number of phenolic OH excluding ortho intramolecular Hbond substituents is 1. The molecule has 0 aliphatic carbocycles. The van der Waals surface area contributed by atoms with Crippen LogP contribution in [-0.4, -0.2) is 19.4 Å². The van der Waals surface area contributed by atoms with Crippen molar-refractivity contribution < 1.29 is 17.9 Å². The first-order valence-electron chi connectivity index (χ1n) is 8.45. The molecule has 0 atom stereocenters. The van der Waals surface area contributed by atoms with Gasteiger partial charge < -0.3 is 5.11 Å². The van der Waals surface area contributed by atoms with Crippen molar-refractivity contribution in [2.24, 2.45) is 0 Å². The maximum atomic E-state index is 12.9. The Hall–Kier alpha value is -1.96. The zero-order valence-electron chi connectivity index (χ0n) is 15.4. The molecule has 10 heteroatoms. The third kappa shape index (κ3) is 4.68. The maximum absolute atomic E-state index is 12.9. The van der Waals surface area contributed by atoms with Gasteiger partial charge in [-0.3, -0.25) is 0 Å². The Morgan fingerprint density at radius 1 is 0.867 bits per heavy atom. The maximum Gasteiger partial charge on any atom is 0.328 e. The third-order valence-electron chi connectivity index (χ3n) is 4.12. The van der Waals surface area contributed by atoms with Crippen molar-refractivity contribution in [3.05, 3.63) is 85.8 Å². The average molecular weight is 505 g/mol. The van der Waals surface area contributed by atoms with Gasteiger partial charge in [0.25, 0.3) is 5.84 Å². The summed E-state index contributed by atoms with van der Waals surface area (Å²) < 4.78 is 28.4. The number of rotatable bonds is 4.